The zero-order valence-corrected chi connectivity index (χ0v) is 13.1. The number of carbonyl (C=O) groups excluding carboxylic acids is 2. The van der Waals surface area contributed by atoms with Gasteiger partial charge in [-0.1, -0.05) is 13.8 Å². The van der Waals surface area contributed by atoms with Crippen molar-refractivity contribution in [2.24, 2.45) is 11.3 Å². The number of hydrogen-bond donors (Lipinski definition) is 1. The lowest BCUT2D eigenvalue weighted by Crippen LogP contribution is -2.37. The summed E-state index contributed by atoms with van der Waals surface area (Å²) in [7, 11) is 1.42. The first-order chi connectivity index (χ1) is 8.88. The SMILES string of the molecule is COC(=O)CC1(CSCC(=O)NC(C)C(C)C)CC1. The summed E-state index contributed by atoms with van der Waals surface area (Å²) in [5.74, 6) is 1.73. The average Bonchev–Trinajstić information content (AvgIpc) is 3.08. The normalized spacial score (nSPS) is 17.9. The molecular weight excluding hydrogens is 262 g/mol. The Balaban J connectivity index is 2.20. The first-order valence-corrected chi connectivity index (χ1v) is 7.98. The molecule has 0 aromatic carbocycles. The number of rotatable bonds is 8. The van der Waals surface area contributed by atoms with Crippen LogP contribution < -0.4 is 5.32 Å². The van der Waals surface area contributed by atoms with Gasteiger partial charge in [0.1, 0.15) is 0 Å². The molecule has 5 heteroatoms. The van der Waals surface area contributed by atoms with Crippen LogP contribution in [0, 0.1) is 11.3 Å². The topological polar surface area (TPSA) is 55.4 Å². The second-order valence-corrected chi connectivity index (χ2v) is 6.83. The molecule has 0 aromatic heterocycles. The van der Waals surface area contributed by atoms with Crippen molar-refractivity contribution in [3.05, 3.63) is 0 Å². The van der Waals surface area contributed by atoms with Gasteiger partial charge < -0.3 is 10.1 Å². The van der Waals surface area contributed by atoms with Crippen LogP contribution in [-0.4, -0.2) is 36.5 Å². The van der Waals surface area contributed by atoms with E-state index in [4.69, 9.17) is 4.74 Å². The van der Waals surface area contributed by atoms with Gasteiger partial charge in [0.05, 0.1) is 19.3 Å². The van der Waals surface area contributed by atoms with Crippen molar-refractivity contribution in [3.63, 3.8) is 0 Å². The van der Waals surface area contributed by atoms with Crippen LogP contribution in [0.1, 0.15) is 40.0 Å². The van der Waals surface area contributed by atoms with Gasteiger partial charge >= 0.3 is 5.97 Å². The molecule has 1 aliphatic rings. The Hall–Kier alpha value is -0.710. The van der Waals surface area contributed by atoms with Crippen LogP contribution in [0.3, 0.4) is 0 Å². The zero-order valence-electron chi connectivity index (χ0n) is 12.3. The number of hydrogen-bond acceptors (Lipinski definition) is 4. The van der Waals surface area contributed by atoms with Crippen LogP contribution in [-0.2, 0) is 14.3 Å². The van der Waals surface area contributed by atoms with E-state index in [2.05, 4.69) is 19.2 Å². The molecule has 0 radical (unpaired) electrons. The second kappa shape index (κ2) is 7.17. The predicted octanol–water partition coefficient (Wildman–Crippen LogP) is 2.22. The molecular formula is C14H25NO3S. The summed E-state index contributed by atoms with van der Waals surface area (Å²) in [5, 5.41) is 2.99. The molecule has 0 aliphatic heterocycles. The van der Waals surface area contributed by atoms with E-state index in [1.54, 1.807) is 11.8 Å². The fraction of sp³-hybridized carbons (Fsp3) is 0.857. The maximum Gasteiger partial charge on any atom is 0.306 e. The van der Waals surface area contributed by atoms with Gasteiger partial charge in [-0.2, -0.15) is 11.8 Å². The molecule has 0 heterocycles. The second-order valence-electron chi connectivity index (χ2n) is 5.85. The van der Waals surface area contributed by atoms with Crippen LogP contribution in [0.15, 0.2) is 0 Å². The lowest BCUT2D eigenvalue weighted by molar-refractivity contribution is -0.141. The van der Waals surface area contributed by atoms with E-state index in [0.29, 0.717) is 18.1 Å². The number of amides is 1. The number of carbonyl (C=O) groups is 2. The molecule has 0 aromatic rings. The maximum absolute atomic E-state index is 11.7. The van der Waals surface area contributed by atoms with E-state index in [1.165, 1.54) is 7.11 Å². The smallest absolute Gasteiger partial charge is 0.306 e. The Labute approximate surface area is 120 Å². The number of thioether (sulfide) groups is 1. The molecule has 0 bridgehead atoms. The van der Waals surface area contributed by atoms with Crippen molar-refractivity contribution >= 4 is 23.6 Å². The molecule has 19 heavy (non-hydrogen) atoms. The number of esters is 1. The molecule has 1 unspecified atom stereocenters. The molecule has 1 saturated carbocycles. The first-order valence-electron chi connectivity index (χ1n) is 6.82. The minimum atomic E-state index is -0.143. The van der Waals surface area contributed by atoms with Gasteiger partial charge in [-0.15, -0.1) is 0 Å². The van der Waals surface area contributed by atoms with E-state index in [-0.39, 0.29) is 23.3 Å². The number of ether oxygens (including phenoxy) is 1. The third-order valence-corrected chi connectivity index (χ3v) is 5.02. The average molecular weight is 287 g/mol. The van der Waals surface area contributed by atoms with Crippen molar-refractivity contribution < 1.29 is 14.3 Å². The molecule has 1 amide bonds. The standard InChI is InChI=1S/C14H25NO3S/c1-10(2)11(3)15-12(16)8-19-9-14(5-6-14)7-13(17)18-4/h10-11H,5-9H2,1-4H3,(H,15,16). The van der Waals surface area contributed by atoms with Crippen LogP contribution in [0.5, 0.6) is 0 Å². The van der Waals surface area contributed by atoms with Gasteiger partial charge in [-0.05, 0) is 36.9 Å². The quantitative estimate of drug-likeness (QED) is 0.696. The summed E-state index contributed by atoms with van der Waals surface area (Å²) in [6.07, 6.45) is 2.62. The summed E-state index contributed by atoms with van der Waals surface area (Å²) in [5.41, 5.74) is 0.0989. The van der Waals surface area contributed by atoms with Gasteiger partial charge in [0.15, 0.2) is 0 Å². The van der Waals surface area contributed by atoms with Crippen molar-refractivity contribution in [1.82, 2.24) is 5.32 Å². The summed E-state index contributed by atoms with van der Waals surface area (Å²) < 4.78 is 4.70. The van der Waals surface area contributed by atoms with Crippen LogP contribution in [0.25, 0.3) is 0 Å². The highest BCUT2D eigenvalue weighted by Gasteiger charge is 2.44. The van der Waals surface area contributed by atoms with Gasteiger partial charge in [0, 0.05) is 6.04 Å². The minimum absolute atomic E-state index is 0.0834. The molecule has 1 fully saturated rings. The molecule has 1 atom stereocenters. The Morgan fingerprint density at radius 3 is 2.42 bits per heavy atom. The highest BCUT2D eigenvalue weighted by atomic mass is 32.2. The van der Waals surface area contributed by atoms with Crippen molar-refractivity contribution in [2.45, 2.75) is 46.1 Å². The lowest BCUT2D eigenvalue weighted by atomic mass is 10.1. The van der Waals surface area contributed by atoms with E-state index in [9.17, 15) is 9.59 Å². The van der Waals surface area contributed by atoms with Crippen molar-refractivity contribution in [1.29, 1.82) is 0 Å². The fourth-order valence-electron chi connectivity index (χ4n) is 1.75. The molecule has 1 N–H and O–H groups in total. The molecule has 110 valence electrons. The Kier molecular flexibility index (Phi) is 6.17. The van der Waals surface area contributed by atoms with E-state index >= 15 is 0 Å². The summed E-state index contributed by atoms with van der Waals surface area (Å²) in [6.45, 7) is 6.20. The highest BCUT2D eigenvalue weighted by molar-refractivity contribution is 7.99. The fourth-order valence-corrected chi connectivity index (χ4v) is 2.94. The van der Waals surface area contributed by atoms with E-state index in [0.717, 1.165) is 18.6 Å². The van der Waals surface area contributed by atoms with Gasteiger partial charge in [0.25, 0.3) is 0 Å². The summed E-state index contributed by atoms with van der Waals surface area (Å²) >= 11 is 1.62. The predicted molar refractivity (Wildman–Crippen MR) is 78.1 cm³/mol. The largest absolute Gasteiger partial charge is 0.469 e. The lowest BCUT2D eigenvalue weighted by Gasteiger charge is -2.18. The monoisotopic (exact) mass is 287 g/mol. The summed E-state index contributed by atoms with van der Waals surface area (Å²) in [4.78, 5) is 23.0. The van der Waals surface area contributed by atoms with E-state index in [1.807, 2.05) is 6.92 Å². The summed E-state index contributed by atoms with van der Waals surface area (Å²) in [6, 6.07) is 0.207. The molecule has 1 aliphatic carbocycles. The first kappa shape index (κ1) is 16.3. The van der Waals surface area contributed by atoms with Crippen LogP contribution >= 0.6 is 11.8 Å². The van der Waals surface area contributed by atoms with Crippen LogP contribution in [0.4, 0.5) is 0 Å². The van der Waals surface area contributed by atoms with Gasteiger partial charge in [-0.25, -0.2) is 0 Å². The van der Waals surface area contributed by atoms with E-state index < -0.39 is 0 Å². The highest BCUT2D eigenvalue weighted by Crippen LogP contribution is 2.51. The third-order valence-electron chi connectivity index (χ3n) is 3.73. The van der Waals surface area contributed by atoms with Gasteiger partial charge in [0.2, 0.25) is 5.91 Å². The minimum Gasteiger partial charge on any atom is -0.469 e. The van der Waals surface area contributed by atoms with Crippen molar-refractivity contribution in [2.75, 3.05) is 18.6 Å². The molecule has 0 saturated heterocycles. The molecule has 1 rings (SSSR count). The van der Waals surface area contributed by atoms with Crippen molar-refractivity contribution in [3.8, 4) is 0 Å². The molecule has 0 spiro atoms. The van der Waals surface area contributed by atoms with Crippen LogP contribution in [0.2, 0.25) is 0 Å². The Morgan fingerprint density at radius 1 is 1.32 bits per heavy atom. The van der Waals surface area contributed by atoms with Gasteiger partial charge in [-0.3, -0.25) is 9.59 Å². The number of methoxy groups -OCH3 is 1. The number of nitrogens with one attached hydrogen (secondary N) is 1. The third kappa shape index (κ3) is 5.85. The zero-order chi connectivity index (χ0) is 14.5. The maximum atomic E-state index is 11.7. The molecule has 4 nitrogen and oxygen atoms in total. The Morgan fingerprint density at radius 2 is 1.95 bits per heavy atom. The Bertz CT molecular complexity index is 327.